The first-order valence-electron chi connectivity index (χ1n) is 6.32. The van der Waals surface area contributed by atoms with Crippen molar-refractivity contribution in [2.24, 2.45) is 5.92 Å². The molecule has 0 N–H and O–H groups in total. The number of allylic oxidation sites excluding steroid dienone is 4. The van der Waals surface area contributed by atoms with Crippen LogP contribution in [0, 0.1) is 5.92 Å². The van der Waals surface area contributed by atoms with Gasteiger partial charge in [-0.2, -0.15) is 0 Å². The number of rotatable bonds is 3. The van der Waals surface area contributed by atoms with Gasteiger partial charge in [-0.15, -0.1) is 0 Å². The van der Waals surface area contributed by atoms with E-state index in [0.29, 0.717) is 6.42 Å². The summed E-state index contributed by atoms with van der Waals surface area (Å²) in [7, 11) is 0. The third-order valence-corrected chi connectivity index (χ3v) is 3.63. The van der Waals surface area contributed by atoms with E-state index in [1.165, 1.54) is 36.8 Å². The molecule has 0 aliphatic heterocycles. The highest BCUT2D eigenvalue weighted by atomic mass is 16.4. The van der Waals surface area contributed by atoms with Gasteiger partial charge < -0.3 is 9.90 Å². The lowest BCUT2D eigenvalue weighted by Crippen LogP contribution is -2.32. The van der Waals surface area contributed by atoms with Crippen LogP contribution in [0.1, 0.15) is 51.4 Å². The first-order chi connectivity index (χ1) is 7.75. The number of aliphatic carboxylic acids is 1. The molecule has 0 saturated heterocycles. The average Bonchev–Trinajstić information content (AvgIpc) is 2.30. The smallest absolute Gasteiger partial charge is 0.0448 e. The van der Waals surface area contributed by atoms with E-state index in [1.807, 2.05) is 0 Å². The largest absolute Gasteiger partial charge is 0.550 e. The molecule has 1 atom stereocenters. The average molecular weight is 219 g/mol. The van der Waals surface area contributed by atoms with Gasteiger partial charge in [0.25, 0.3) is 0 Å². The molecular weight excluding hydrogens is 200 g/mol. The van der Waals surface area contributed by atoms with E-state index in [-0.39, 0.29) is 5.92 Å². The summed E-state index contributed by atoms with van der Waals surface area (Å²) in [6.07, 6.45) is 12.9. The Balaban J connectivity index is 1.92. The maximum atomic E-state index is 10.8. The quantitative estimate of drug-likeness (QED) is 0.684. The summed E-state index contributed by atoms with van der Waals surface area (Å²) in [4.78, 5) is 10.8. The Morgan fingerprint density at radius 1 is 1.25 bits per heavy atom. The third-order valence-electron chi connectivity index (χ3n) is 3.63. The molecule has 0 heterocycles. The molecule has 2 aliphatic rings. The molecule has 88 valence electrons. The second kappa shape index (κ2) is 5.33. The Labute approximate surface area is 97.0 Å². The zero-order valence-corrected chi connectivity index (χ0v) is 9.71. The summed E-state index contributed by atoms with van der Waals surface area (Å²) in [6.45, 7) is 0. The van der Waals surface area contributed by atoms with Crippen LogP contribution in [0.2, 0.25) is 0 Å². The summed E-state index contributed by atoms with van der Waals surface area (Å²) < 4.78 is 0. The van der Waals surface area contributed by atoms with Crippen LogP contribution in [0.3, 0.4) is 0 Å². The lowest BCUT2D eigenvalue weighted by atomic mass is 9.84. The zero-order valence-electron chi connectivity index (χ0n) is 9.71. The minimum absolute atomic E-state index is 0.246. The van der Waals surface area contributed by atoms with E-state index < -0.39 is 5.97 Å². The molecule has 1 unspecified atom stereocenters. The van der Waals surface area contributed by atoms with Crippen molar-refractivity contribution in [2.45, 2.75) is 51.4 Å². The lowest BCUT2D eigenvalue weighted by molar-refractivity contribution is -0.311. The maximum Gasteiger partial charge on any atom is 0.0448 e. The van der Waals surface area contributed by atoms with Gasteiger partial charge in [-0.3, -0.25) is 0 Å². The fraction of sp³-hybridized carbons (Fsp3) is 0.643. The predicted molar refractivity (Wildman–Crippen MR) is 61.6 cm³/mol. The second-order valence-electron chi connectivity index (χ2n) is 4.94. The first-order valence-corrected chi connectivity index (χ1v) is 6.32. The number of hydrogen-bond donors (Lipinski definition) is 0. The summed E-state index contributed by atoms with van der Waals surface area (Å²) in [5.74, 6) is -1.12. The van der Waals surface area contributed by atoms with Crippen LogP contribution in [-0.4, -0.2) is 5.97 Å². The molecule has 16 heavy (non-hydrogen) atoms. The maximum absolute atomic E-state index is 10.8. The van der Waals surface area contributed by atoms with Crippen molar-refractivity contribution in [1.29, 1.82) is 0 Å². The number of carboxylic acids is 1. The molecule has 0 saturated carbocycles. The summed E-state index contributed by atoms with van der Waals surface area (Å²) in [5.41, 5.74) is 2.82. The van der Waals surface area contributed by atoms with Crippen molar-refractivity contribution in [1.82, 2.24) is 0 Å². The van der Waals surface area contributed by atoms with E-state index in [4.69, 9.17) is 0 Å². The molecular formula is C14H19O2-. The Kier molecular flexibility index (Phi) is 3.81. The summed E-state index contributed by atoms with van der Waals surface area (Å²) >= 11 is 0. The molecule has 2 aliphatic carbocycles. The highest BCUT2D eigenvalue weighted by Gasteiger charge is 2.17. The molecule has 0 aromatic carbocycles. The molecule has 0 spiro atoms. The van der Waals surface area contributed by atoms with Crippen molar-refractivity contribution in [3.05, 3.63) is 23.3 Å². The van der Waals surface area contributed by atoms with Crippen LogP contribution >= 0.6 is 0 Å². The number of carbonyl (C=O) groups excluding carboxylic acids is 1. The number of carbonyl (C=O) groups is 1. The standard InChI is InChI=1S/C14H20O2/c15-14(16)13-8-4-7-12(10-13)9-11-5-2-1-3-6-11/h5,7,13H,1-4,6,8-10H2,(H,15,16)/p-1. The van der Waals surface area contributed by atoms with Gasteiger partial charge in [0.2, 0.25) is 0 Å². The fourth-order valence-corrected chi connectivity index (χ4v) is 2.69. The number of hydrogen-bond acceptors (Lipinski definition) is 2. The Hall–Kier alpha value is -1.05. The second-order valence-corrected chi connectivity index (χ2v) is 4.94. The van der Waals surface area contributed by atoms with Crippen LogP contribution in [0.5, 0.6) is 0 Å². The highest BCUT2D eigenvalue weighted by molar-refractivity contribution is 5.68. The Morgan fingerprint density at radius 3 is 2.75 bits per heavy atom. The van der Waals surface area contributed by atoms with Crippen LogP contribution in [0.15, 0.2) is 23.3 Å². The minimum Gasteiger partial charge on any atom is -0.550 e. The lowest BCUT2D eigenvalue weighted by Gasteiger charge is -2.24. The van der Waals surface area contributed by atoms with Crippen molar-refractivity contribution >= 4 is 5.97 Å². The van der Waals surface area contributed by atoms with Crippen LogP contribution < -0.4 is 5.11 Å². The van der Waals surface area contributed by atoms with Crippen molar-refractivity contribution in [2.75, 3.05) is 0 Å². The first kappa shape index (κ1) is 11.4. The number of carboxylic acid groups (broad SMARTS) is 1. The van der Waals surface area contributed by atoms with E-state index in [9.17, 15) is 9.90 Å². The molecule has 0 fully saturated rings. The van der Waals surface area contributed by atoms with Crippen molar-refractivity contribution < 1.29 is 9.90 Å². The molecule has 2 heteroatoms. The zero-order chi connectivity index (χ0) is 11.4. The molecule has 2 nitrogen and oxygen atoms in total. The fourth-order valence-electron chi connectivity index (χ4n) is 2.69. The van der Waals surface area contributed by atoms with Gasteiger partial charge in [0.1, 0.15) is 0 Å². The molecule has 2 rings (SSSR count). The molecule has 0 bridgehead atoms. The van der Waals surface area contributed by atoms with Crippen molar-refractivity contribution in [3.8, 4) is 0 Å². The Morgan fingerprint density at radius 2 is 2.06 bits per heavy atom. The molecule has 0 radical (unpaired) electrons. The van der Waals surface area contributed by atoms with E-state index >= 15 is 0 Å². The van der Waals surface area contributed by atoms with E-state index in [0.717, 1.165) is 19.3 Å². The van der Waals surface area contributed by atoms with Gasteiger partial charge in [-0.25, -0.2) is 0 Å². The highest BCUT2D eigenvalue weighted by Crippen LogP contribution is 2.30. The van der Waals surface area contributed by atoms with Gasteiger partial charge in [0, 0.05) is 11.9 Å². The van der Waals surface area contributed by atoms with Gasteiger partial charge >= 0.3 is 0 Å². The third kappa shape index (κ3) is 2.97. The van der Waals surface area contributed by atoms with E-state index in [1.54, 1.807) is 0 Å². The monoisotopic (exact) mass is 219 g/mol. The minimum atomic E-state index is -0.872. The molecule has 0 amide bonds. The van der Waals surface area contributed by atoms with Crippen LogP contribution in [0.25, 0.3) is 0 Å². The molecule has 0 aromatic rings. The van der Waals surface area contributed by atoms with Crippen LogP contribution in [-0.2, 0) is 4.79 Å². The summed E-state index contributed by atoms with van der Waals surface area (Å²) in [5, 5.41) is 10.8. The Bertz CT molecular complexity index is 326. The van der Waals surface area contributed by atoms with Crippen molar-refractivity contribution in [3.63, 3.8) is 0 Å². The predicted octanol–water partition coefficient (Wildman–Crippen LogP) is 2.35. The van der Waals surface area contributed by atoms with Gasteiger partial charge in [0.15, 0.2) is 0 Å². The summed E-state index contributed by atoms with van der Waals surface area (Å²) in [6, 6.07) is 0. The molecule has 0 aromatic heterocycles. The van der Waals surface area contributed by atoms with Gasteiger partial charge in [-0.05, 0) is 51.4 Å². The normalized spacial score (nSPS) is 25.9. The van der Waals surface area contributed by atoms with E-state index in [2.05, 4.69) is 12.2 Å². The van der Waals surface area contributed by atoms with Gasteiger partial charge in [-0.1, -0.05) is 23.3 Å². The topological polar surface area (TPSA) is 40.1 Å². The SMILES string of the molecule is O=C([O-])C1CCC=C(CC2=CCCCC2)C1. The van der Waals surface area contributed by atoms with Gasteiger partial charge in [0.05, 0.1) is 0 Å². The van der Waals surface area contributed by atoms with Crippen LogP contribution in [0.4, 0.5) is 0 Å².